The van der Waals surface area contributed by atoms with E-state index in [1.54, 1.807) is 23.1 Å². The summed E-state index contributed by atoms with van der Waals surface area (Å²) in [6.45, 7) is 4.73. The van der Waals surface area contributed by atoms with Crippen LogP contribution in [0.2, 0.25) is 10.0 Å². The molecule has 1 N–H and O–H groups in total. The van der Waals surface area contributed by atoms with Crippen molar-refractivity contribution >= 4 is 51.6 Å². The first-order valence-electron chi connectivity index (χ1n) is 13.0. The van der Waals surface area contributed by atoms with E-state index >= 15 is 0 Å². The summed E-state index contributed by atoms with van der Waals surface area (Å²) >= 11 is 12.2. The molecule has 0 unspecified atom stereocenters. The highest BCUT2D eigenvalue weighted by Gasteiger charge is 2.25. The maximum Gasteiger partial charge on any atom is 0.254 e. The van der Waals surface area contributed by atoms with Crippen molar-refractivity contribution in [1.82, 2.24) is 14.8 Å². The fourth-order valence-electron chi connectivity index (χ4n) is 4.54. The van der Waals surface area contributed by atoms with Gasteiger partial charge in [-0.2, -0.15) is 0 Å². The van der Waals surface area contributed by atoms with E-state index in [-0.39, 0.29) is 24.4 Å². The first kappa shape index (κ1) is 28.5. The Kier molecular flexibility index (Phi) is 9.20. The van der Waals surface area contributed by atoms with E-state index in [1.165, 1.54) is 0 Å². The fourth-order valence-corrected chi connectivity index (χ4v) is 4.83. The molecule has 1 aromatic heterocycles. The Labute approximate surface area is 240 Å². The zero-order chi connectivity index (χ0) is 28.1. The third kappa shape index (κ3) is 6.94. The molecule has 0 aliphatic carbocycles. The van der Waals surface area contributed by atoms with Gasteiger partial charge in [0.15, 0.2) is 0 Å². The van der Waals surface area contributed by atoms with Gasteiger partial charge in [-0.15, -0.1) is 0 Å². The van der Waals surface area contributed by atoms with Crippen LogP contribution < -0.4 is 4.90 Å². The highest BCUT2D eigenvalue weighted by molar-refractivity contribution is 6.42. The van der Waals surface area contributed by atoms with Crippen LogP contribution >= 0.6 is 23.2 Å². The van der Waals surface area contributed by atoms with Gasteiger partial charge in [0.1, 0.15) is 6.54 Å². The second-order valence-electron chi connectivity index (χ2n) is 10.1. The second kappa shape index (κ2) is 12.6. The quantitative estimate of drug-likeness (QED) is 0.234. The van der Waals surface area contributed by atoms with Gasteiger partial charge in [0.05, 0.1) is 10.0 Å². The summed E-state index contributed by atoms with van der Waals surface area (Å²) in [5, 5.41) is 1.84. The summed E-state index contributed by atoms with van der Waals surface area (Å²) in [6.07, 6.45) is 2.70. The molecule has 4 aromatic rings. The van der Waals surface area contributed by atoms with Crippen molar-refractivity contribution < 1.29 is 9.59 Å². The number of hydrogen-bond acceptors (Lipinski definition) is 3. The van der Waals surface area contributed by atoms with Gasteiger partial charge in [-0.25, -0.2) is 0 Å². The normalized spacial score (nSPS) is 11.2. The number of para-hydroxylation sites is 1. The number of H-pyrrole nitrogens is 1. The maximum atomic E-state index is 13.8. The van der Waals surface area contributed by atoms with Crippen LogP contribution in [0.4, 0.5) is 5.69 Å². The van der Waals surface area contributed by atoms with Crippen LogP contribution in [-0.4, -0.2) is 59.8 Å². The Morgan fingerprint density at radius 2 is 1.64 bits per heavy atom. The molecule has 0 spiro atoms. The molecule has 1 heterocycles. The van der Waals surface area contributed by atoms with E-state index in [2.05, 4.69) is 11.1 Å². The van der Waals surface area contributed by atoms with Crippen molar-refractivity contribution in [3.63, 3.8) is 0 Å². The zero-order valence-corrected chi connectivity index (χ0v) is 24.3. The Hall–Kier alpha value is -3.48. The molecule has 0 aliphatic heterocycles. The number of hydrogen-bond donors (Lipinski definition) is 1. The monoisotopic (exact) mass is 564 g/mol. The number of fused-ring (bicyclic) bond motifs is 1. The van der Waals surface area contributed by atoms with Crippen LogP contribution in [0.1, 0.15) is 35.3 Å². The minimum absolute atomic E-state index is 0.0413. The molecule has 204 valence electrons. The molecule has 0 atom stereocenters. The van der Waals surface area contributed by atoms with Crippen LogP contribution in [0.25, 0.3) is 10.9 Å². The molecule has 0 aliphatic rings. The number of aromatic nitrogens is 1. The number of nitrogens with zero attached hydrogens (tertiary/aromatic N) is 3. The topological polar surface area (TPSA) is 59.7 Å². The first-order valence-corrected chi connectivity index (χ1v) is 13.7. The lowest BCUT2D eigenvalue weighted by atomic mass is 10.1. The number of rotatable bonds is 10. The van der Waals surface area contributed by atoms with E-state index in [0.29, 0.717) is 35.1 Å². The standard InChI is InChI=1S/C31H34Cl2N4O2/c1-21(2)37(31(39)23-11-14-27(32)28(33)17-23)20-30(38)36(19-22-9-12-25(13-10-22)35(3)4)16-15-24-18-34-29-8-6-5-7-26(24)29/h5-14,17-18,21,34H,15-16,19-20H2,1-4H3. The third-order valence-corrected chi connectivity index (χ3v) is 7.60. The van der Waals surface area contributed by atoms with Crippen LogP contribution in [0.15, 0.2) is 72.9 Å². The lowest BCUT2D eigenvalue weighted by Crippen LogP contribution is -2.46. The number of carbonyl (C=O) groups excluding carboxylic acids is 2. The minimum atomic E-state index is -0.260. The van der Waals surface area contributed by atoms with Crippen molar-refractivity contribution in [2.24, 2.45) is 0 Å². The number of benzene rings is 3. The van der Waals surface area contributed by atoms with Gasteiger partial charge in [0.2, 0.25) is 5.91 Å². The highest BCUT2D eigenvalue weighted by atomic mass is 35.5. The summed E-state index contributed by atoms with van der Waals surface area (Å²) in [6, 6.07) is 20.9. The molecule has 0 radical (unpaired) electrons. The van der Waals surface area contributed by atoms with Crippen molar-refractivity contribution in [1.29, 1.82) is 0 Å². The molecule has 0 saturated carbocycles. The number of carbonyl (C=O) groups is 2. The molecule has 8 heteroatoms. The van der Waals surface area contributed by atoms with Crippen LogP contribution in [0, 0.1) is 0 Å². The predicted octanol–water partition coefficient (Wildman–Crippen LogP) is 6.66. The predicted molar refractivity (Wildman–Crippen MR) is 161 cm³/mol. The van der Waals surface area contributed by atoms with Gasteiger partial charge in [0, 0.05) is 61.6 Å². The molecule has 3 aromatic carbocycles. The lowest BCUT2D eigenvalue weighted by molar-refractivity contribution is -0.132. The van der Waals surface area contributed by atoms with Crippen molar-refractivity contribution in [3.05, 3.63) is 99.7 Å². The molecule has 2 amide bonds. The summed E-state index contributed by atoms with van der Waals surface area (Å²) in [5.41, 5.74) is 4.74. The Morgan fingerprint density at radius 3 is 2.31 bits per heavy atom. The third-order valence-electron chi connectivity index (χ3n) is 6.86. The molecule has 6 nitrogen and oxygen atoms in total. The van der Waals surface area contributed by atoms with Crippen LogP contribution in [0.5, 0.6) is 0 Å². The smallest absolute Gasteiger partial charge is 0.254 e. The van der Waals surface area contributed by atoms with Gasteiger partial charge >= 0.3 is 0 Å². The van der Waals surface area contributed by atoms with E-state index in [1.807, 2.05) is 86.4 Å². The molecule has 39 heavy (non-hydrogen) atoms. The first-order chi connectivity index (χ1) is 18.6. The van der Waals surface area contributed by atoms with Gasteiger partial charge in [0.25, 0.3) is 5.91 Å². The Bertz CT molecular complexity index is 1450. The van der Waals surface area contributed by atoms with Crippen molar-refractivity contribution in [3.8, 4) is 0 Å². The largest absolute Gasteiger partial charge is 0.378 e. The molecule has 0 fully saturated rings. The molecule has 4 rings (SSSR count). The van der Waals surface area contributed by atoms with E-state index in [9.17, 15) is 9.59 Å². The Balaban J connectivity index is 1.56. The summed E-state index contributed by atoms with van der Waals surface area (Å²) in [5.74, 6) is -0.377. The maximum absolute atomic E-state index is 13.8. The SMILES string of the molecule is CC(C)N(CC(=O)N(CCc1c[nH]c2ccccc12)Cc1ccc(N(C)C)cc1)C(=O)c1ccc(Cl)c(Cl)c1. The highest BCUT2D eigenvalue weighted by Crippen LogP contribution is 2.24. The van der Waals surface area contributed by atoms with Crippen molar-refractivity contribution in [2.45, 2.75) is 32.9 Å². The average Bonchev–Trinajstić information content (AvgIpc) is 3.33. The van der Waals surface area contributed by atoms with Crippen LogP contribution in [0.3, 0.4) is 0 Å². The van der Waals surface area contributed by atoms with Gasteiger partial charge in [-0.1, -0.05) is 53.5 Å². The number of aromatic amines is 1. The summed E-state index contributed by atoms with van der Waals surface area (Å²) in [4.78, 5) is 36.0. The number of amides is 2. The van der Waals surface area contributed by atoms with Gasteiger partial charge < -0.3 is 19.7 Å². The Morgan fingerprint density at radius 1 is 0.923 bits per heavy atom. The van der Waals surface area contributed by atoms with Crippen LogP contribution in [-0.2, 0) is 17.8 Å². The van der Waals surface area contributed by atoms with Crippen molar-refractivity contribution in [2.75, 3.05) is 32.1 Å². The summed E-state index contributed by atoms with van der Waals surface area (Å²) in [7, 11) is 3.99. The molecule has 0 saturated heterocycles. The molecule has 0 bridgehead atoms. The second-order valence-corrected chi connectivity index (χ2v) is 11.0. The van der Waals surface area contributed by atoms with E-state index < -0.39 is 0 Å². The van der Waals surface area contributed by atoms with E-state index in [0.717, 1.165) is 27.7 Å². The number of halogens is 2. The van der Waals surface area contributed by atoms with Gasteiger partial charge in [-0.05, 0) is 67.8 Å². The fraction of sp³-hybridized carbons (Fsp3) is 0.290. The summed E-state index contributed by atoms with van der Waals surface area (Å²) < 4.78 is 0. The molecular weight excluding hydrogens is 531 g/mol. The minimum Gasteiger partial charge on any atom is -0.378 e. The zero-order valence-electron chi connectivity index (χ0n) is 22.7. The average molecular weight is 566 g/mol. The number of anilines is 1. The number of nitrogens with one attached hydrogen (secondary N) is 1. The lowest BCUT2D eigenvalue weighted by Gasteiger charge is -2.30. The van der Waals surface area contributed by atoms with Gasteiger partial charge in [-0.3, -0.25) is 9.59 Å². The van der Waals surface area contributed by atoms with E-state index in [4.69, 9.17) is 23.2 Å². The molecular formula is C31H34Cl2N4O2.